The van der Waals surface area contributed by atoms with Gasteiger partial charge in [0.15, 0.2) is 0 Å². The lowest BCUT2D eigenvalue weighted by Crippen LogP contribution is -2.10. The Morgan fingerprint density at radius 1 is 1.28 bits per heavy atom. The normalized spacial score (nSPS) is 10.4. The molecule has 5 nitrogen and oxygen atoms in total. The van der Waals surface area contributed by atoms with Crippen molar-refractivity contribution in [3.63, 3.8) is 0 Å². The second-order valence-electron chi connectivity index (χ2n) is 3.98. The molecule has 1 aromatic carbocycles. The predicted molar refractivity (Wildman–Crippen MR) is 74.5 cm³/mol. The zero-order chi connectivity index (χ0) is 13.1. The molecule has 0 fully saturated rings. The Bertz CT molecular complexity index is 538. The van der Waals surface area contributed by atoms with E-state index in [1.54, 1.807) is 6.07 Å². The maximum absolute atomic E-state index is 5.94. The van der Waals surface area contributed by atoms with Gasteiger partial charge in [-0.05, 0) is 17.7 Å². The van der Waals surface area contributed by atoms with Crippen LogP contribution in [-0.2, 0) is 6.54 Å². The first-order chi connectivity index (χ1) is 8.56. The van der Waals surface area contributed by atoms with Crippen molar-refractivity contribution in [2.45, 2.75) is 6.54 Å². The average molecular weight is 286 g/mol. The highest BCUT2D eigenvalue weighted by Gasteiger charge is 2.04. The number of halogens is 2. The van der Waals surface area contributed by atoms with Gasteiger partial charge in [0, 0.05) is 20.6 Å². The molecule has 2 aromatic rings. The minimum atomic E-state index is 0.544. The van der Waals surface area contributed by atoms with E-state index in [4.69, 9.17) is 23.2 Å². The van der Waals surface area contributed by atoms with Crippen molar-refractivity contribution in [1.29, 1.82) is 0 Å². The zero-order valence-corrected chi connectivity index (χ0v) is 11.5. The second-order valence-corrected chi connectivity index (χ2v) is 4.79. The van der Waals surface area contributed by atoms with Crippen LogP contribution in [0.15, 0.2) is 18.2 Å². The maximum atomic E-state index is 5.94. The van der Waals surface area contributed by atoms with Crippen LogP contribution in [0.5, 0.6) is 0 Å². The molecular weight excluding hydrogens is 273 g/mol. The minimum absolute atomic E-state index is 0.544. The van der Waals surface area contributed by atoms with Crippen LogP contribution >= 0.6 is 23.2 Å². The number of aromatic amines is 1. The average Bonchev–Trinajstić information content (AvgIpc) is 2.79. The number of anilines is 2. The zero-order valence-electron chi connectivity index (χ0n) is 10.0. The third kappa shape index (κ3) is 3.05. The summed E-state index contributed by atoms with van der Waals surface area (Å²) in [6, 6.07) is 5.50. The van der Waals surface area contributed by atoms with E-state index < -0.39 is 0 Å². The van der Waals surface area contributed by atoms with Crippen molar-refractivity contribution in [3.8, 4) is 0 Å². The van der Waals surface area contributed by atoms with Crippen molar-refractivity contribution in [2.75, 3.05) is 24.3 Å². The Balaban J connectivity index is 2.00. The maximum Gasteiger partial charge on any atom is 0.245 e. The highest BCUT2D eigenvalue weighted by molar-refractivity contribution is 6.42. The van der Waals surface area contributed by atoms with Gasteiger partial charge in [0.1, 0.15) is 0 Å². The molecule has 0 saturated carbocycles. The molecule has 0 aliphatic heterocycles. The molecule has 0 unspecified atom stereocenters. The molecule has 0 spiro atoms. The summed E-state index contributed by atoms with van der Waals surface area (Å²) in [6.07, 6.45) is 0. The van der Waals surface area contributed by atoms with E-state index >= 15 is 0 Å². The quantitative estimate of drug-likeness (QED) is 0.907. The van der Waals surface area contributed by atoms with E-state index in [-0.39, 0.29) is 0 Å². The third-order valence-electron chi connectivity index (χ3n) is 2.32. The summed E-state index contributed by atoms with van der Waals surface area (Å²) in [7, 11) is 3.76. The van der Waals surface area contributed by atoms with Gasteiger partial charge in [-0.1, -0.05) is 29.3 Å². The molecule has 2 rings (SSSR count). The molecule has 96 valence electrons. The van der Waals surface area contributed by atoms with E-state index in [9.17, 15) is 0 Å². The molecule has 0 atom stereocenters. The van der Waals surface area contributed by atoms with Gasteiger partial charge in [0.05, 0.1) is 10.0 Å². The standard InChI is InChI=1S/C11H13Cl2N5/c1-18(2)11-15-10(16-17-11)14-6-7-3-4-8(12)9(13)5-7/h3-5H,6H2,1-2H3,(H2,14,15,16,17). The van der Waals surface area contributed by atoms with Crippen LogP contribution < -0.4 is 10.2 Å². The number of nitrogens with zero attached hydrogens (tertiary/aromatic N) is 3. The van der Waals surface area contributed by atoms with Crippen LogP contribution in [0.3, 0.4) is 0 Å². The summed E-state index contributed by atoms with van der Waals surface area (Å²) in [5, 5.41) is 11.1. The Labute approximate surface area is 115 Å². The van der Waals surface area contributed by atoms with E-state index in [1.165, 1.54) is 0 Å². The van der Waals surface area contributed by atoms with Crippen molar-refractivity contribution in [1.82, 2.24) is 15.2 Å². The van der Waals surface area contributed by atoms with Gasteiger partial charge in [-0.25, -0.2) is 5.10 Å². The first kappa shape index (κ1) is 13.0. The van der Waals surface area contributed by atoms with Gasteiger partial charge < -0.3 is 10.2 Å². The Morgan fingerprint density at radius 3 is 2.67 bits per heavy atom. The highest BCUT2D eigenvalue weighted by atomic mass is 35.5. The molecule has 0 aliphatic carbocycles. The van der Waals surface area contributed by atoms with Crippen LogP contribution in [0.1, 0.15) is 5.56 Å². The van der Waals surface area contributed by atoms with E-state index in [0.29, 0.717) is 28.5 Å². The third-order valence-corrected chi connectivity index (χ3v) is 3.06. The van der Waals surface area contributed by atoms with Crippen molar-refractivity contribution in [2.24, 2.45) is 0 Å². The number of rotatable bonds is 4. The number of aromatic nitrogens is 3. The number of hydrogen-bond acceptors (Lipinski definition) is 4. The van der Waals surface area contributed by atoms with Crippen molar-refractivity contribution >= 4 is 35.1 Å². The summed E-state index contributed by atoms with van der Waals surface area (Å²) in [4.78, 5) is 6.07. The molecule has 0 amide bonds. The molecule has 18 heavy (non-hydrogen) atoms. The molecule has 1 aromatic heterocycles. The number of hydrogen-bond donors (Lipinski definition) is 2. The fraction of sp³-hybridized carbons (Fsp3) is 0.273. The lowest BCUT2D eigenvalue weighted by Gasteiger charge is -2.05. The van der Waals surface area contributed by atoms with Crippen molar-refractivity contribution in [3.05, 3.63) is 33.8 Å². The lowest BCUT2D eigenvalue weighted by atomic mass is 10.2. The van der Waals surface area contributed by atoms with Crippen LogP contribution in [0.25, 0.3) is 0 Å². The number of nitrogens with one attached hydrogen (secondary N) is 2. The van der Waals surface area contributed by atoms with E-state index in [0.717, 1.165) is 5.56 Å². The predicted octanol–water partition coefficient (Wildman–Crippen LogP) is 2.79. The van der Waals surface area contributed by atoms with Crippen LogP contribution in [0.2, 0.25) is 10.0 Å². The molecule has 1 heterocycles. The molecule has 2 N–H and O–H groups in total. The van der Waals surface area contributed by atoms with E-state index in [2.05, 4.69) is 20.5 Å². The smallest absolute Gasteiger partial charge is 0.245 e. The largest absolute Gasteiger partial charge is 0.350 e. The summed E-state index contributed by atoms with van der Waals surface area (Å²) in [6.45, 7) is 0.596. The van der Waals surface area contributed by atoms with Crippen molar-refractivity contribution < 1.29 is 0 Å². The van der Waals surface area contributed by atoms with Gasteiger partial charge >= 0.3 is 0 Å². The summed E-state index contributed by atoms with van der Waals surface area (Å²) < 4.78 is 0. The highest BCUT2D eigenvalue weighted by Crippen LogP contribution is 2.22. The van der Waals surface area contributed by atoms with Gasteiger partial charge in [-0.15, -0.1) is 5.10 Å². The Hall–Kier alpha value is -1.46. The Kier molecular flexibility index (Phi) is 3.93. The summed E-state index contributed by atoms with van der Waals surface area (Å²) in [5.74, 6) is 1.25. The molecule has 0 radical (unpaired) electrons. The van der Waals surface area contributed by atoms with E-state index in [1.807, 2.05) is 31.1 Å². The topological polar surface area (TPSA) is 56.8 Å². The molecule has 7 heteroatoms. The second kappa shape index (κ2) is 5.46. The van der Waals surface area contributed by atoms with Gasteiger partial charge in [-0.2, -0.15) is 4.98 Å². The minimum Gasteiger partial charge on any atom is -0.350 e. The fourth-order valence-corrected chi connectivity index (χ4v) is 1.69. The van der Waals surface area contributed by atoms with Gasteiger partial charge in [0.25, 0.3) is 0 Å². The van der Waals surface area contributed by atoms with Gasteiger partial charge in [0.2, 0.25) is 11.9 Å². The fourth-order valence-electron chi connectivity index (χ4n) is 1.37. The Morgan fingerprint density at radius 2 is 2.06 bits per heavy atom. The first-order valence-electron chi connectivity index (χ1n) is 5.34. The van der Waals surface area contributed by atoms with Crippen LogP contribution in [0.4, 0.5) is 11.9 Å². The summed E-state index contributed by atoms with van der Waals surface area (Å²) >= 11 is 11.8. The SMILES string of the molecule is CN(C)c1n[nH]c(NCc2ccc(Cl)c(Cl)c2)n1. The number of benzene rings is 1. The van der Waals surface area contributed by atoms with Gasteiger partial charge in [-0.3, -0.25) is 0 Å². The first-order valence-corrected chi connectivity index (χ1v) is 6.09. The molecule has 0 saturated heterocycles. The molecular formula is C11H13Cl2N5. The molecule has 0 aliphatic rings. The summed E-state index contributed by atoms with van der Waals surface area (Å²) in [5.41, 5.74) is 1.02. The molecule has 0 bridgehead atoms. The van der Waals surface area contributed by atoms with Crippen LogP contribution in [0, 0.1) is 0 Å². The van der Waals surface area contributed by atoms with Crippen LogP contribution in [-0.4, -0.2) is 29.3 Å². The monoisotopic (exact) mass is 285 g/mol. The number of H-pyrrole nitrogens is 1. The lowest BCUT2D eigenvalue weighted by molar-refractivity contribution is 0.996.